The van der Waals surface area contributed by atoms with Gasteiger partial charge in [0.1, 0.15) is 17.3 Å². The third-order valence-electron chi connectivity index (χ3n) is 5.97. The lowest BCUT2D eigenvalue weighted by molar-refractivity contribution is -0.164. The number of methoxy groups -OCH3 is 1. The van der Waals surface area contributed by atoms with Gasteiger partial charge < -0.3 is 18.6 Å². The van der Waals surface area contributed by atoms with Gasteiger partial charge in [0, 0.05) is 13.0 Å². The van der Waals surface area contributed by atoms with E-state index in [1.807, 2.05) is 0 Å². The average molecular weight is 409 g/mol. The van der Waals surface area contributed by atoms with Gasteiger partial charge in [0.2, 0.25) is 0 Å². The Labute approximate surface area is 150 Å². The first-order chi connectivity index (χ1) is 10.3. The third-order valence-corrected chi connectivity index (χ3v) is 12.2. The lowest BCUT2D eigenvalue weighted by atomic mass is 9.88. The van der Waals surface area contributed by atoms with Gasteiger partial charge in [-0.1, -0.05) is 43.6 Å². The van der Waals surface area contributed by atoms with Crippen LogP contribution in [0.25, 0.3) is 0 Å². The highest BCUT2D eigenvalue weighted by atomic mass is 79.9. The molecule has 4 nitrogen and oxygen atoms in total. The predicted octanol–water partition coefficient (Wildman–Crippen LogP) is 4.33. The largest absolute Gasteiger partial charge is 0.414 e. The molecule has 0 saturated carbocycles. The Morgan fingerprint density at radius 3 is 2.17 bits per heavy atom. The van der Waals surface area contributed by atoms with Crippen LogP contribution in [0.3, 0.4) is 0 Å². The van der Waals surface area contributed by atoms with Crippen molar-refractivity contribution in [2.75, 3.05) is 13.7 Å². The summed E-state index contributed by atoms with van der Waals surface area (Å²) >= 11 is 3.80. The molecule has 0 aliphatic carbocycles. The lowest BCUT2D eigenvalue weighted by Gasteiger charge is -2.37. The molecule has 0 aromatic heterocycles. The maximum atomic E-state index is 6.38. The fourth-order valence-corrected chi connectivity index (χ4v) is 4.84. The quantitative estimate of drug-likeness (QED) is 0.385. The molecular formula is C17H33BrO4Si. The van der Waals surface area contributed by atoms with Crippen molar-refractivity contribution < 1.29 is 18.6 Å². The molecule has 2 saturated heterocycles. The molecule has 2 aliphatic heterocycles. The lowest BCUT2D eigenvalue weighted by Crippen LogP contribution is -2.46. The highest BCUT2D eigenvalue weighted by molar-refractivity contribution is 9.09. The van der Waals surface area contributed by atoms with Gasteiger partial charge in [0.05, 0.1) is 11.4 Å². The van der Waals surface area contributed by atoms with Gasteiger partial charge in [-0.05, 0) is 32.0 Å². The van der Waals surface area contributed by atoms with Crippen molar-refractivity contribution in [3.63, 3.8) is 0 Å². The predicted molar refractivity (Wildman–Crippen MR) is 98.6 cm³/mol. The molecule has 0 aromatic carbocycles. The monoisotopic (exact) mass is 408 g/mol. The first-order valence-corrected chi connectivity index (χ1v) is 12.3. The highest BCUT2D eigenvalue weighted by Gasteiger charge is 2.68. The van der Waals surface area contributed by atoms with Gasteiger partial charge >= 0.3 is 0 Å². The van der Waals surface area contributed by atoms with Crippen LogP contribution in [-0.4, -0.2) is 50.5 Å². The zero-order valence-electron chi connectivity index (χ0n) is 16.0. The molecule has 2 heterocycles. The van der Waals surface area contributed by atoms with Gasteiger partial charge in [-0.25, -0.2) is 0 Å². The Hall–Kier alpha value is 0.537. The van der Waals surface area contributed by atoms with Crippen molar-refractivity contribution >= 4 is 24.2 Å². The maximum Gasteiger partial charge on any atom is 0.192 e. The molecule has 23 heavy (non-hydrogen) atoms. The van der Waals surface area contributed by atoms with Crippen LogP contribution in [0.1, 0.15) is 41.5 Å². The third kappa shape index (κ3) is 3.44. The Morgan fingerprint density at radius 2 is 1.74 bits per heavy atom. The molecule has 6 atom stereocenters. The van der Waals surface area contributed by atoms with Crippen molar-refractivity contribution in [2.45, 2.75) is 88.1 Å². The number of halogens is 1. The van der Waals surface area contributed by atoms with Gasteiger partial charge in [-0.15, -0.1) is 0 Å². The van der Waals surface area contributed by atoms with Crippen molar-refractivity contribution in [1.29, 1.82) is 0 Å². The summed E-state index contributed by atoms with van der Waals surface area (Å²) in [6.07, 6.45) is -0.175. The van der Waals surface area contributed by atoms with Gasteiger partial charge in [-0.2, -0.15) is 0 Å². The number of hydrogen-bond acceptors (Lipinski definition) is 4. The van der Waals surface area contributed by atoms with E-state index in [1.165, 1.54) is 0 Å². The molecule has 1 unspecified atom stereocenters. The smallest absolute Gasteiger partial charge is 0.192 e. The van der Waals surface area contributed by atoms with E-state index in [-0.39, 0.29) is 33.8 Å². The van der Waals surface area contributed by atoms with Crippen LogP contribution in [0.15, 0.2) is 0 Å². The molecule has 2 rings (SSSR count). The SMILES string of the molecule is COC1O[C@@](C)([C@@H]2O[C@@]2(C)CO[Si](C)(C)C(C)(C)C)[C@H](Br)[C@H]1C. The summed E-state index contributed by atoms with van der Waals surface area (Å²) in [5.41, 5.74) is -0.676. The first kappa shape index (κ1) is 19.9. The Balaban J connectivity index is 2.03. The summed E-state index contributed by atoms with van der Waals surface area (Å²) in [5.74, 6) is 0.278. The number of alkyl halides is 1. The van der Waals surface area contributed by atoms with Crippen LogP contribution in [0.5, 0.6) is 0 Å². The van der Waals surface area contributed by atoms with Crippen molar-refractivity contribution in [3.8, 4) is 0 Å². The highest BCUT2D eigenvalue weighted by Crippen LogP contribution is 2.54. The number of epoxide rings is 1. The van der Waals surface area contributed by atoms with E-state index in [4.69, 9.17) is 18.6 Å². The number of ether oxygens (including phenoxy) is 3. The van der Waals surface area contributed by atoms with Gasteiger partial charge in [0.25, 0.3) is 0 Å². The molecule has 136 valence electrons. The molecular weight excluding hydrogens is 376 g/mol. The summed E-state index contributed by atoms with van der Waals surface area (Å²) in [6, 6.07) is 0. The summed E-state index contributed by atoms with van der Waals surface area (Å²) in [4.78, 5) is 0.194. The second-order valence-corrected chi connectivity index (χ2v) is 14.8. The second-order valence-electron chi connectivity index (χ2n) is 9.03. The van der Waals surface area contributed by atoms with Crippen molar-refractivity contribution in [1.82, 2.24) is 0 Å². The van der Waals surface area contributed by atoms with Crippen LogP contribution in [0, 0.1) is 5.92 Å². The second kappa shape index (κ2) is 6.06. The van der Waals surface area contributed by atoms with Crippen molar-refractivity contribution in [3.05, 3.63) is 0 Å². The minimum Gasteiger partial charge on any atom is -0.414 e. The fraction of sp³-hybridized carbons (Fsp3) is 1.00. The molecule has 2 fully saturated rings. The Kier molecular flexibility index (Phi) is 5.23. The Morgan fingerprint density at radius 1 is 1.17 bits per heavy atom. The zero-order chi connectivity index (χ0) is 17.8. The van der Waals surface area contributed by atoms with Crippen LogP contribution >= 0.6 is 15.9 Å². The number of rotatable bonds is 5. The molecule has 0 spiro atoms. The molecule has 2 aliphatic rings. The topological polar surface area (TPSA) is 40.2 Å². The molecule has 0 amide bonds. The van der Waals surface area contributed by atoms with Crippen LogP contribution in [-0.2, 0) is 18.6 Å². The van der Waals surface area contributed by atoms with E-state index in [9.17, 15) is 0 Å². The summed E-state index contributed by atoms with van der Waals surface area (Å²) in [5, 5.41) is 0.203. The Bertz CT molecular complexity index is 452. The molecule has 0 radical (unpaired) electrons. The average Bonchev–Trinajstić information content (AvgIpc) is 3.07. The standard InChI is InChI=1S/C17H33BrO4Si/c1-11-12(18)17(6,21-13(11)19-7)14-16(5,22-14)10-20-23(8,9)15(2,3)4/h11-14H,10H2,1-9H3/t11-,12-,13?,14-,16+,17-/m1/s1. The summed E-state index contributed by atoms with van der Waals surface area (Å²) in [7, 11) is -0.0817. The minimum absolute atomic E-state index is 0.0201. The van der Waals surface area contributed by atoms with E-state index in [1.54, 1.807) is 7.11 Å². The normalized spacial score (nSPS) is 44.6. The van der Waals surface area contributed by atoms with E-state index < -0.39 is 13.9 Å². The van der Waals surface area contributed by atoms with E-state index >= 15 is 0 Å². The first-order valence-electron chi connectivity index (χ1n) is 8.45. The van der Waals surface area contributed by atoms with Crippen LogP contribution in [0.2, 0.25) is 18.1 Å². The zero-order valence-corrected chi connectivity index (χ0v) is 18.6. The van der Waals surface area contributed by atoms with Crippen molar-refractivity contribution in [2.24, 2.45) is 5.92 Å². The van der Waals surface area contributed by atoms with Gasteiger partial charge in [0.15, 0.2) is 14.6 Å². The van der Waals surface area contributed by atoms with E-state index in [2.05, 4.69) is 70.6 Å². The molecule has 0 N–H and O–H groups in total. The molecule has 0 aromatic rings. The van der Waals surface area contributed by atoms with Gasteiger partial charge in [-0.3, -0.25) is 0 Å². The maximum absolute atomic E-state index is 6.38. The van der Waals surface area contributed by atoms with E-state index in [0.717, 1.165) is 0 Å². The summed E-state index contributed by atoms with van der Waals surface area (Å²) < 4.78 is 24.1. The van der Waals surface area contributed by atoms with Crippen LogP contribution < -0.4 is 0 Å². The van der Waals surface area contributed by atoms with E-state index in [0.29, 0.717) is 6.61 Å². The molecule has 6 heteroatoms. The minimum atomic E-state index is -1.78. The van der Waals surface area contributed by atoms with Crippen LogP contribution in [0.4, 0.5) is 0 Å². The summed E-state index contributed by atoms with van der Waals surface area (Å²) in [6.45, 7) is 18.3. The fourth-order valence-electron chi connectivity index (χ4n) is 3.16. The number of hydrogen-bond donors (Lipinski definition) is 0. The molecule has 0 bridgehead atoms.